The number of benzene rings is 1. The van der Waals surface area contributed by atoms with Crippen molar-refractivity contribution in [3.8, 4) is 0 Å². The Hall–Kier alpha value is -1.60. The molecular weight excluding hydrogens is 295 g/mol. The molecule has 1 aromatic rings. The predicted octanol–water partition coefficient (Wildman–Crippen LogP) is 1.66. The predicted molar refractivity (Wildman–Crippen MR) is 80.0 cm³/mol. The van der Waals surface area contributed by atoms with Crippen molar-refractivity contribution < 1.29 is 19.1 Å². The summed E-state index contributed by atoms with van der Waals surface area (Å²) in [5.74, 6) is 0.0509. The van der Waals surface area contributed by atoms with Gasteiger partial charge in [-0.3, -0.25) is 14.5 Å². The summed E-state index contributed by atoms with van der Waals surface area (Å²) in [5.41, 5.74) is 0.404. The molecule has 0 radical (unpaired) electrons. The average molecular weight is 312 g/mol. The molecule has 1 aliphatic heterocycles. The normalized spacial score (nSPS) is 19.2. The Morgan fingerprint density at radius 2 is 2.29 bits per heavy atom. The lowest BCUT2D eigenvalue weighted by Crippen LogP contribution is -2.47. The maximum Gasteiger partial charge on any atom is 0.304 e. The first kappa shape index (κ1) is 15.8. The Morgan fingerprint density at radius 1 is 1.48 bits per heavy atom. The van der Waals surface area contributed by atoms with Crippen LogP contribution >= 0.6 is 11.8 Å². The highest BCUT2D eigenvalue weighted by Gasteiger charge is 2.26. The van der Waals surface area contributed by atoms with E-state index in [1.807, 2.05) is 4.90 Å². The van der Waals surface area contributed by atoms with Crippen LogP contribution in [-0.2, 0) is 9.59 Å². The quantitative estimate of drug-likeness (QED) is 0.865. The number of rotatable bonds is 5. The van der Waals surface area contributed by atoms with E-state index in [2.05, 4.69) is 5.32 Å². The van der Waals surface area contributed by atoms with E-state index in [4.69, 9.17) is 5.11 Å². The number of carboxylic acids is 1. The van der Waals surface area contributed by atoms with Gasteiger partial charge in [-0.25, -0.2) is 4.39 Å². The van der Waals surface area contributed by atoms with Crippen LogP contribution in [0.5, 0.6) is 0 Å². The van der Waals surface area contributed by atoms with E-state index < -0.39 is 11.8 Å². The van der Waals surface area contributed by atoms with Gasteiger partial charge in [-0.1, -0.05) is 6.07 Å². The van der Waals surface area contributed by atoms with E-state index >= 15 is 0 Å². The Kier molecular flexibility index (Phi) is 5.58. The van der Waals surface area contributed by atoms with Gasteiger partial charge in [0.25, 0.3) is 0 Å². The van der Waals surface area contributed by atoms with Gasteiger partial charge >= 0.3 is 5.97 Å². The molecule has 1 aromatic carbocycles. The molecule has 2 rings (SSSR count). The van der Waals surface area contributed by atoms with Gasteiger partial charge in [0.05, 0.1) is 13.0 Å². The first-order valence-electron chi connectivity index (χ1n) is 6.63. The number of halogens is 1. The molecular formula is C14H17FN2O3S. The molecule has 0 saturated carbocycles. The van der Waals surface area contributed by atoms with Crippen molar-refractivity contribution in [2.24, 2.45) is 0 Å². The highest BCUT2D eigenvalue weighted by molar-refractivity contribution is 7.99. The minimum atomic E-state index is -0.863. The van der Waals surface area contributed by atoms with E-state index in [0.717, 1.165) is 5.75 Å². The molecule has 0 spiro atoms. The molecule has 1 fully saturated rings. The van der Waals surface area contributed by atoms with Gasteiger partial charge in [-0.05, 0) is 18.2 Å². The number of nitrogens with one attached hydrogen (secondary N) is 1. The monoisotopic (exact) mass is 312 g/mol. The molecule has 1 heterocycles. The molecule has 21 heavy (non-hydrogen) atoms. The Bertz CT molecular complexity index is 527. The Morgan fingerprint density at radius 3 is 3.00 bits per heavy atom. The van der Waals surface area contributed by atoms with Crippen LogP contribution in [-0.4, -0.2) is 52.5 Å². The lowest BCUT2D eigenvalue weighted by Gasteiger charge is -2.33. The number of carbonyl (C=O) groups is 2. The molecule has 1 atom stereocenters. The molecule has 1 amide bonds. The van der Waals surface area contributed by atoms with Crippen molar-refractivity contribution in [3.05, 3.63) is 30.1 Å². The molecule has 1 saturated heterocycles. The summed E-state index contributed by atoms with van der Waals surface area (Å²) in [5, 5.41) is 11.5. The summed E-state index contributed by atoms with van der Waals surface area (Å²) in [6, 6.07) is 5.55. The topological polar surface area (TPSA) is 69.6 Å². The van der Waals surface area contributed by atoms with Crippen molar-refractivity contribution in [1.29, 1.82) is 0 Å². The number of aliphatic carboxylic acids is 1. The van der Waals surface area contributed by atoms with Crippen LogP contribution in [0.4, 0.5) is 10.1 Å². The number of hydrogen-bond donors (Lipinski definition) is 2. The van der Waals surface area contributed by atoms with Gasteiger partial charge in [-0.15, -0.1) is 0 Å². The lowest BCUT2D eigenvalue weighted by atomic mass is 10.2. The summed E-state index contributed by atoms with van der Waals surface area (Å²) >= 11 is 1.70. The molecule has 0 bridgehead atoms. The van der Waals surface area contributed by atoms with Gasteiger partial charge in [0.1, 0.15) is 5.82 Å². The van der Waals surface area contributed by atoms with Crippen molar-refractivity contribution in [2.75, 3.05) is 29.9 Å². The van der Waals surface area contributed by atoms with E-state index in [0.29, 0.717) is 18.0 Å². The number of anilines is 1. The molecule has 0 aromatic heterocycles. The number of carboxylic acid groups (broad SMARTS) is 1. The number of hydrogen-bond acceptors (Lipinski definition) is 4. The smallest absolute Gasteiger partial charge is 0.304 e. The Labute approximate surface area is 126 Å². The fraction of sp³-hybridized carbons (Fsp3) is 0.429. The molecule has 1 aliphatic rings. The van der Waals surface area contributed by atoms with Crippen molar-refractivity contribution in [3.63, 3.8) is 0 Å². The number of nitrogens with zero attached hydrogens (tertiary/aromatic N) is 1. The van der Waals surface area contributed by atoms with E-state index in [-0.39, 0.29) is 24.9 Å². The molecule has 2 N–H and O–H groups in total. The van der Waals surface area contributed by atoms with E-state index in [1.54, 1.807) is 17.8 Å². The second-order valence-corrected chi connectivity index (χ2v) is 6.01. The van der Waals surface area contributed by atoms with Gasteiger partial charge < -0.3 is 10.4 Å². The SMILES string of the molecule is O=C(O)CC1CSCCN1CC(=O)Nc1cccc(F)c1. The molecule has 5 nitrogen and oxygen atoms in total. The fourth-order valence-electron chi connectivity index (χ4n) is 2.24. The minimum absolute atomic E-state index is 0.0280. The minimum Gasteiger partial charge on any atom is -0.481 e. The highest BCUT2D eigenvalue weighted by atomic mass is 32.2. The summed E-state index contributed by atoms with van der Waals surface area (Å²) in [7, 11) is 0. The van der Waals surface area contributed by atoms with Crippen LogP contribution in [0.3, 0.4) is 0 Å². The highest BCUT2D eigenvalue weighted by Crippen LogP contribution is 2.19. The second-order valence-electron chi connectivity index (χ2n) is 4.86. The number of amides is 1. The van der Waals surface area contributed by atoms with Crippen LogP contribution in [0, 0.1) is 5.82 Å². The van der Waals surface area contributed by atoms with Crippen LogP contribution in [0.25, 0.3) is 0 Å². The average Bonchev–Trinajstić information content (AvgIpc) is 2.40. The largest absolute Gasteiger partial charge is 0.481 e. The third-order valence-electron chi connectivity index (χ3n) is 3.21. The lowest BCUT2D eigenvalue weighted by molar-refractivity contribution is -0.138. The van der Waals surface area contributed by atoms with Gasteiger partial charge in [0, 0.05) is 29.8 Å². The zero-order valence-corrected chi connectivity index (χ0v) is 12.2. The Balaban J connectivity index is 1.92. The van der Waals surface area contributed by atoms with Crippen molar-refractivity contribution >= 4 is 29.3 Å². The molecule has 114 valence electrons. The maximum atomic E-state index is 13.1. The number of carbonyl (C=O) groups excluding carboxylic acids is 1. The number of thioether (sulfide) groups is 1. The summed E-state index contributed by atoms with van der Waals surface area (Å²) < 4.78 is 13.1. The molecule has 1 unspecified atom stereocenters. The summed E-state index contributed by atoms with van der Waals surface area (Å²) in [6.45, 7) is 0.800. The van der Waals surface area contributed by atoms with E-state index in [1.165, 1.54) is 18.2 Å². The first-order valence-corrected chi connectivity index (χ1v) is 7.79. The van der Waals surface area contributed by atoms with E-state index in [9.17, 15) is 14.0 Å². The molecule has 0 aliphatic carbocycles. The zero-order valence-electron chi connectivity index (χ0n) is 11.4. The standard InChI is InChI=1S/C14H17FN2O3S/c15-10-2-1-3-11(6-10)16-13(18)8-17-4-5-21-9-12(17)7-14(19)20/h1-3,6,12H,4-5,7-9H2,(H,16,18)(H,19,20). The zero-order chi connectivity index (χ0) is 15.2. The van der Waals surface area contributed by atoms with Gasteiger partial charge in [0.15, 0.2) is 0 Å². The van der Waals surface area contributed by atoms with Crippen molar-refractivity contribution in [1.82, 2.24) is 4.90 Å². The summed E-state index contributed by atoms with van der Waals surface area (Å²) in [4.78, 5) is 24.7. The van der Waals surface area contributed by atoms with Crippen LogP contribution in [0.2, 0.25) is 0 Å². The third-order valence-corrected chi connectivity index (χ3v) is 4.31. The second kappa shape index (κ2) is 7.42. The first-order chi connectivity index (χ1) is 10.0. The maximum absolute atomic E-state index is 13.1. The fourth-order valence-corrected chi connectivity index (χ4v) is 3.37. The third kappa shape index (κ3) is 5.02. The van der Waals surface area contributed by atoms with Crippen LogP contribution in [0.1, 0.15) is 6.42 Å². The van der Waals surface area contributed by atoms with Crippen molar-refractivity contribution in [2.45, 2.75) is 12.5 Å². The van der Waals surface area contributed by atoms with Crippen LogP contribution < -0.4 is 5.32 Å². The van der Waals surface area contributed by atoms with Gasteiger partial charge in [0.2, 0.25) is 5.91 Å². The van der Waals surface area contributed by atoms with Crippen LogP contribution in [0.15, 0.2) is 24.3 Å². The summed E-state index contributed by atoms with van der Waals surface area (Å²) in [6.07, 6.45) is 0.0280. The van der Waals surface area contributed by atoms with Gasteiger partial charge in [-0.2, -0.15) is 11.8 Å². The molecule has 7 heteroatoms.